The van der Waals surface area contributed by atoms with Gasteiger partial charge in [-0.3, -0.25) is 0 Å². The van der Waals surface area contributed by atoms with Crippen LogP contribution in [0.1, 0.15) is 5.56 Å². The van der Waals surface area contributed by atoms with E-state index in [2.05, 4.69) is 21.3 Å². The van der Waals surface area contributed by atoms with E-state index in [0.717, 1.165) is 22.3 Å². The van der Waals surface area contributed by atoms with Crippen LogP contribution in [0.25, 0.3) is 11.0 Å². The van der Waals surface area contributed by atoms with Crippen molar-refractivity contribution in [3.05, 3.63) is 60.4 Å². The van der Waals surface area contributed by atoms with Gasteiger partial charge in [-0.2, -0.15) is 0 Å². The fourth-order valence-electron chi connectivity index (χ4n) is 2.66. The Labute approximate surface area is 130 Å². The molecule has 1 aromatic heterocycles. The van der Waals surface area contributed by atoms with Gasteiger partial charge < -0.3 is 9.84 Å². The van der Waals surface area contributed by atoms with Crippen LogP contribution in [0.15, 0.2) is 54.9 Å². The molecule has 0 aliphatic carbocycles. The Morgan fingerprint density at radius 2 is 2.00 bits per heavy atom. The molecule has 114 valence electrons. The number of imidazole rings is 1. The summed E-state index contributed by atoms with van der Waals surface area (Å²) in [6.45, 7) is 2.81. The van der Waals surface area contributed by atoms with Crippen molar-refractivity contribution in [2.75, 3.05) is 6.61 Å². The molecule has 4 heteroatoms. The van der Waals surface area contributed by atoms with Gasteiger partial charge in [0.15, 0.2) is 11.0 Å². The van der Waals surface area contributed by atoms with Gasteiger partial charge in [0, 0.05) is 0 Å². The quantitative estimate of drug-likeness (QED) is 0.733. The number of hydrogen-bond donors (Lipinski definition) is 1. The largest absolute Gasteiger partial charge is 0.491 e. The zero-order valence-electron chi connectivity index (χ0n) is 12.9. The Morgan fingerprint density at radius 3 is 2.82 bits per heavy atom. The first-order chi connectivity index (χ1) is 10.6. The number of rotatable bonds is 5. The minimum atomic E-state index is -0.559. The Hall–Kier alpha value is -2.33. The summed E-state index contributed by atoms with van der Waals surface area (Å²) >= 11 is 0. The predicted molar refractivity (Wildman–Crippen MR) is 85.8 cm³/mol. The van der Waals surface area contributed by atoms with E-state index in [9.17, 15) is 5.11 Å². The van der Waals surface area contributed by atoms with Gasteiger partial charge in [0.25, 0.3) is 0 Å². The van der Waals surface area contributed by atoms with Crippen LogP contribution in [0.4, 0.5) is 0 Å². The lowest BCUT2D eigenvalue weighted by atomic mass is 10.2. The zero-order chi connectivity index (χ0) is 15.5. The molecule has 0 amide bonds. The summed E-state index contributed by atoms with van der Waals surface area (Å²) in [7, 11) is 2.01. The van der Waals surface area contributed by atoms with Crippen molar-refractivity contribution in [1.29, 1.82) is 0 Å². The molecule has 0 fully saturated rings. The lowest BCUT2D eigenvalue weighted by Gasteiger charge is -2.11. The minimum Gasteiger partial charge on any atom is -0.491 e. The molecular formula is C18H21N2O2+. The first kappa shape index (κ1) is 14.6. The lowest BCUT2D eigenvalue weighted by Crippen LogP contribution is -2.27. The van der Waals surface area contributed by atoms with E-state index in [0.29, 0.717) is 6.54 Å². The highest BCUT2D eigenvalue weighted by Gasteiger charge is 2.16. The summed E-state index contributed by atoms with van der Waals surface area (Å²) in [6.07, 6.45) is 1.44. The summed E-state index contributed by atoms with van der Waals surface area (Å²) in [4.78, 5) is 0. The molecule has 0 aliphatic heterocycles. The fraction of sp³-hybridized carbons (Fsp3) is 0.278. The molecule has 0 saturated heterocycles. The molecule has 3 rings (SSSR count). The highest BCUT2D eigenvalue weighted by Crippen LogP contribution is 2.14. The second-order valence-corrected chi connectivity index (χ2v) is 5.65. The highest BCUT2D eigenvalue weighted by atomic mass is 16.5. The SMILES string of the molecule is Cc1cccc(OC[C@H](O)Cn2c[n+](C)c3ccccc32)c1. The summed E-state index contributed by atoms with van der Waals surface area (Å²) in [5.74, 6) is 0.793. The average molecular weight is 297 g/mol. The maximum Gasteiger partial charge on any atom is 0.244 e. The molecule has 22 heavy (non-hydrogen) atoms. The van der Waals surface area contributed by atoms with E-state index in [1.165, 1.54) is 0 Å². The maximum atomic E-state index is 10.2. The van der Waals surface area contributed by atoms with Crippen molar-refractivity contribution in [1.82, 2.24) is 4.57 Å². The second kappa shape index (κ2) is 6.20. The standard InChI is InChI=1S/C18H21N2O2/c1-14-6-5-7-16(10-14)22-12-15(21)11-20-13-19(2)17-8-3-4-9-18(17)20/h3-10,13,15,21H,11-12H2,1-2H3/q+1/t15-/m1/s1. The van der Waals surface area contributed by atoms with E-state index in [4.69, 9.17) is 4.74 Å². The van der Waals surface area contributed by atoms with Crippen molar-refractivity contribution in [3.63, 3.8) is 0 Å². The van der Waals surface area contributed by atoms with Gasteiger partial charge in [-0.15, -0.1) is 0 Å². The van der Waals surface area contributed by atoms with Gasteiger partial charge in [0.1, 0.15) is 25.0 Å². The van der Waals surface area contributed by atoms with Crippen molar-refractivity contribution in [2.24, 2.45) is 7.05 Å². The third-order valence-corrected chi connectivity index (χ3v) is 3.72. The summed E-state index contributed by atoms with van der Waals surface area (Å²) < 4.78 is 9.78. The third kappa shape index (κ3) is 3.12. The predicted octanol–water partition coefficient (Wildman–Crippen LogP) is 2.21. The fourth-order valence-corrected chi connectivity index (χ4v) is 2.66. The van der Waals surface area contributed by atoms with Crippen molar-refractivity contribution in [2.45, 2.75) is 19.6 Å². The van der Waals surface area contributed by atoms with E-state index < -0.39 is 6.10 Å². The first-order valence-corrected chi connectivity index (χ1v) is 7.44. The molecule has 0 spiro atoms. The number of benzene rings is 2. The number of aryl methyl sites for hydroxylation is 2. The average Bonchev–Trinajstić information content (AvgIpc) is 2.82. The minimum absolute atomic E-state index is 0.277. The Kier molecular flexibility index (Phi) is 4.11. The Morgan fingerprint density at radius 1 is 1.18 bits per heavy atom. The molecule has 3 aromatic rings. The number of aromatic nitrogens is 2. The van der Waals surface area contributed by atoms with E-state index in [1.54, 1.807) is 0 Å². The van der Waals surface area contributed by atoms with Gasteiger partial charge in [0.05, 0.1) is 7.05 Å². The van der Waals surface area contributed by atoms with Crippen LogP contribution >= 0.6 is 0 Å². The van der Waals surface area contributed by atoms with Crippen LogP contribution in [0.3, 0.4) is 0 Å². The van der Waals surface area contributed by atoms with E-state index in [-0.39, 0.29) is 6.61 Å². The monoisotopic (exact) mass is 297 g/mol. The zero-order valence-corrected chi connectivity index (χ0v) is 12.9. The van der Waals surface area contributed by atoms with Crippen LogP contribution < -0.4 is 9.30 Å². The van der Waals surface area contributed by atoms with Crippen molar-refractivity contribution in [3.8, 4) is 5.75 Å². The van der Waals surface area contributed by atoms with Gasteiger partial charge in [-0.25, -0.2) is 9.13 Å². The normalized spacial score (nSPS) is 12.5. The van der Waals surface area contributed by atoms with Crippen LogP contribution in [0.5, 0.6) is 5.75 Å². The lowest BCUT2D eigenvalue weighted by molar-refractivity contribution is -0.645. The molecule has 4 nitrogen and oxygen atoms in total. The number of fused-ring (bicyclic) bond motifs is 1. The molecule has 1 N–H and O–H groups in total. The Bertz CT molecular complexity index is 780. The second-order valence-electron chi connectivity index (χ2n) is 5.65. The van der Waals surface area contributed by atoms with Crippen LogP contribution in [-0.2, 0) is 13.6 Å². The molecule has 2 aromatic carbocycles. The number of aliphatic hydroxyl groups is 1. The molecule has 0 radical (unpaired) electrons. The van der Waals surface area contributed by atoms with Crippen LogP contribution in [0.2, 0.25) is 0 Å². The van der Waals surface area contributed by atoms with Gasteiger partial charge in [-0.05, 0) is 36.8 Å². The number of aliphatic hydroxyl groups excluding tert-OH is 1. The van der Waals surface area contributed by atoms with Crippen molar-refractivity contribution >= 4 is 11.0 Å². The number of ether oxygens (including phenoxy) is 1. The molecule has 0 saturated carbocycles. The number of hydrogen-bond acceptors (Lipinski definition) is 2. The maximum absolute atomic E-state index is 10.2. The Balaban J connectivity index is 1.67. The molecule has 1 heterocycles. The third-order valence-electron chi connectivity index (χ3n) is 3.72. The molecule has 0 bridgehead atoms. The summed E-state index contributed by atoms with van der Waals surface area (Å²) in [5.41, 5.74) is 3.41. The number of para-hydroxylation sites is 2. The van der Waals surface area contributed by atoms with Gasteiger partial charge in [0.2, 0.25) is 6.33 Å². The highest BCUT2D eigenvalue weighted by molar-refractivity contribution is 5.71. The molecule has 1 atom stereocenters. The molecular weight excluding hydrogens is 276 g/mol. The topological polar surface area (TPSA) is 38.3 Å². The summed E-state index contributed by atoms with van der Waals surface area (Å²) in [6, 6.07) is 16.0. The number of nitrogens with zero attached hydrogens (tertiary/aromatic N) is 2. The summed E-state index contributed by atoms with van der Waals surface area (Å²) in [5, 5.41) is 10.2. The van der Waals surface area contributed by atoms with Crippen LogP contribution in [0, 0.1) is 6.92 Å². The molecule has 0 aliphatic rings. The smallest absolute Gasteiger partial charge is 0.244 e. The van der Waals surface area contributed by atoms with Crippen LogP contribution in [-0.4, -0.2) is 22.4 Å². The van der Waals surface area contributed by atoms with E-state index >= 15 is 0 Å². The van der Waals surface area contributed by atoms with E-state index in [1.807, 2.05) is 56.7 Å². The van der Waals surface area contributed by atoms with Crippen molar-refractivity contribution < 1.29 is 14.4 Å². The van der Waals surface area contributed by atoms with Gasteiger partial charge >= 0.3 is 0 Å². The molecule has 0 unspecified atom stereocenters. The first-order valence-electron chi connectivity index (χ1n) is 7.44. The van der Waals surface area contributed by atoms with Gasteiger partial charge in [-0.1, -0.05) is 24.3 Å².